The molecule has 1 N–H and O–H groups in total. The van der Waals surface area contributed by atoms with Gasteiger partial charge in [0.1, 0.15) is 24.8 Å². The van der Waals surface area contributed by atoms with Gasteiger partial charge in [-0.15, -0.1) is 12.4 Å². The van der Waals surface area contributed by atoms with Crippen LogP contribution in [0.1, 0.15) is 76.7 Å². The van der Waals surface area contributed by atoms with E-state index in [1.165, 1.54) is 37.7 Å². The zero-order chi connectivity index (χ0) is 24.3. The van der Waals surface area contributed by atoms with Gasteiger partial charge in [0, 0.05) is 26.2 Å². The first kappa shape index (κ1) is 27.1. The lowest BCUT2D eigenvalue weighted by Crippen LogP contribution is -2.73. The number of hydrogen-bond acceptors (Lipinski definition) is 5. The molecule has 0 radical (unpaired) electrons. The molecule has 200 valence electrons. The summed E-state index contributed by atoms with van der Waals surface area (Å²) in [6.45, 7) is 6.42. The van der Waals surface area contributed by atoms with Crippen LogP contribution in [-0.4, -0.2) is 66.0 Å². The Balaban J connectivity index is 0.00000304. The van der Waals surface area contributed by atoms with Crippen molar-refractivity contribution in [2.24, 2.45) is 5.92 Å². The summed E-state index contributed by atoms with van der Waals surface area (Å²) in [4.78, 5) is 31.7. The average Bonchev–Trinajstić information content (AvgIpc) is 2.89. The molecule has 7 nitrogen and oxygen atoms in total. The maximum atomic E-state index is 13.7. The van der Waals surface area contributed by atoms with Gasteiger partial charge in [-0.1, -0.05) is 51.5 Å². The lowest BCUT2D eigenvalue weighted by atomic mass is 9.79. The van der Waals surface area contributed by atoms with Gasteiger partial charge in [-0.3, -0.25) is 14.5 Å². The minimum Gasteiger partial charge on any atom is -0.486 e. The summed E-state index contributed by atoms with van der Waals surface area (Å²) in [6, 6.07) is 5.81. The predicted octanol–water partition coefficient (Wildman–Crippen LogP) is 4.31. The molecule has 1 atom stereocenters. The number of piperidine rings is 1. The van der Waals surface area contributed by atoms with Crippen LogP contribution >= 0.6 is 12.4 Å². The van der Waals surface area contributed by atoms with Crippen LogP contribution in [0.25, 0.3) is 0 Å². The molecule has 2 amide bonds. The molecule has 8 heteroatoms. The van der Waals surface area contributed by atoms with Gasteiger partial charge in [0.25, 0.3) is 0 Å². The lowest BCUT2D eigenvalue weighted by molar-refractivity contribution is -0.162. The molecular weight excluding hydrogens is 478 g/mol. The van der Waals surface area contributed by atoms with Crippen LogP contribution in [0.3, 0.4) is 0 Å². The number of ether oxygens (including phenoxy) is 2. The second-order valence-corrected chi connectivity index (χ2v) is 10.9. The second-order valence-electron chi connectivity index (χ2n) is 10.9. The highest BCUT2D eigenvalue weighted by atomic mass is 35.5. The fourth-order valence-corrected chi connectivity index (χ4v) is 6.45. The van der Waals surface area contributed by atoms with Crippen LogP contribution in [-0.2, 0) is 16.1 Å². The van der Waals surface area contributed by atoms with Crippen LogP contribution in [0, 0.1) is 5.92 Å². The first-order valence-corrected chi connectivity index (χ1v) is 13.8. The Labute approximate surface area is 221 Å². The van der Waals surface area contributed by atoms with E-state index in [1.807, 2.05) is 11.0 Å². The highest BCUT2D eigenvalue weighted by Crippen LogP contribution is 2.37. The number of likely N-dealkylation sites (tertiary alicyclic amines) is 1. The van der Waals surface area contributed by atoms with Crippen LogP contribution in [0.2, 0.25) is 0 Å². The molecule has 1 aromatic rings. The van der Waals surface area contributed by atoms with E-state index in [-0.39, 0.29) is 30.3 Å². The predicted molar refractivity (Wildman–Crippen MR) is 142 cm³/mol. The van der Waals surface area contributed by atoms with Gasteiger partial charge in [-0.2, -0.15) is 0 Å². The summed E-state index contributed by atoms with van der Waals surface area (Å²) < 4.78 is 11.4. The number of fused-ring (bicyclic) bond motifs is 1. The summed E-state index contributed by atoms with van der Waals surface area (Å²) in [7, 11) is 0. The molecular formula is C28H42ClN3O4. The quantitative estimate of drug-likeness (QED) is 0.581. The Kier molecular flexibility index (Phi) is 9.05. The van der Waals surface area contributed by atoms with Crippen molar-refractivity contribution in [1.29, 1.82) is 0 Å². The molecule has 36 heavy (non-hydrogen) atoms. The number of piperazine rings is 1. The Morgan fingerprint density at radius 1 is 1.03 bits per heavy atom. The fourth-order valence-electron chi connectivity index (χ4n) is 6.45. The maximum absolute atomic E-state index is 13.7. The van der Waals surface area contributed by atoms with Crippen LogP contribution < -0.4 is 14.8 Å². The highest BCUT2D eigenvalue weighted by molar-refractivity contribution is 6.00. The summed E-state index contributed by atoms with van der Waals surface area (Å²) in [6.07, 6.45) is 10.3. The first-order chi connectivity index (χ1) is 17.1. The first-order valence-electron chi connectivity index (χ1n) is 13.8. The molecule has 0 aromatic heterocycles. The van der Waals surface area contributed by atoms with Gasteiger partial charge < -0.3 is 19.7 Å². The Bertz CT molecular complexity index is 912. The third-order valence-corrected chi connectivity index (χ3v) is 8.53. The molecule has 1 saturated carbocycles. The van der Waals surface area contributed by atoms with Crippen molar-refractivity contribution >= 4 is 24.2 Å². The summed E-state index contributed by atoms with van der Waals surface area (Å²) in [5.41, 5.74) is 0.489. The smallest absolute Gasteiger partial charge is 0.246 e. The van der Waals surface area contributed by atoms with Crippen molar-refractivity contribution in [3.8, 4) is 11.5 Å². The topological polar surface area (TPSA) is 71.1 Å². The van der Waals surface area contributed by atoms with E-state index in [0.29, 0.717) is 38.5 Å². The maximum Gasteiger partial charge on any atom is 0.246 e. The number of carbonyl (C=O) groups is 2. The van der Waals surface area contributed by atoms with Gasteiger partial charge in [0.05, 0.1) is 0 Å². The molecule has 4 aliphatic rings. The molecule has 3 aliphatic heterocycles. The number of halogens is 1. The molecule has 1 aromatic carbocycles. The van der Waals surface area contributed by atoms with Crippen molar-refractivity contribution in [3.63, 3.8) is 0 Å². The number of carbonyl (C=O) groups excluding carboxylic acids is 2. The van der Waals surface area contributed by atoms with Crippen molar-refractivity contribution in [3.05, 3.63) is 23.8 Å². The van der Waals surface area contributed by atoms with E-state index in [2.05, 4.69) is 29.3 Å². The van der Waals surface area contributed by atoms with E-state index in [9.17, 15) is 9.59 Å². The van der Waals surface area contributed by atoms with Gasteiger partial charge >= 0.3 is 0 Å². The monoisotopic (exact) mass is 519 g/mol. The zero-order valence-corrected chi connectivity index (χ0v) is 22.5. The summed E-state index contributed by atoms with van der Waals surface area (Å²) in [5.74, 6) is 2.42. The van der Waals surface area contributed by atoms with Crippen LogP contribution in [0.15, 0.2) is 18.2 Å². The normalized spacial score (nSPS) is 24.4. The zero-order valence-electron chi connectivity index (χ0n) is 21.6. The minimum absolute atomic E-state index is 0. The number of rotatable bonds is 7. The van der Waals surface area contributed by atoms with E-state index in [0.717, 1.165) is 50.4 Å². The van der Waals surface area contributed by atoms with Crippen molar-refractivity contribution in [2.45, 2.75) is 89.3 Å². The third-order valence-electron chi connectivity index (χ3n) is 8.53. The molecule has 3 fully saturated rings. The highest BCUT2D eigenvalue weighted by Gasteiger charge is 2.53. The lowest BCUT2D eigenvalue weighted by Gasteiger charge is -2.52. The number of benzene rings is 1. The second kappa shape index (κ2) is 12.0. The molecule has 5 rings (SSSR count). The molecule has 1 spiro atoms. The number of nitrogens with zero attached hydrogens (tertiary/aromatic N) is 2. The van der Waals surface area contributed by atoms with E-state index < -0.39 is 5.54 Å². The average molecular weight is 520 g/mol. The molecule has 2 saturated heterocycles. The SMILES string of the molecule is CCCCN1C(=O)C(CC2CCCCC2)NC(=O)C12CCN(Cc1ccc3c(c1)OCCO3)CC2.Cl. The number of nitrogens with one attached hydrogen (secondary N) is 1. The van der Waals surface area contributed by atoms with Crippen LogP contribution in [0.4, 0.5) is 0 Å². The van der Waals surface area contributed by atoms with Crippen LogP contribution in [0.5, 0.6) is 11.5 Å². The van der Waals surface area contributed by atoms with Crippen molar-refractivity contribution < 1.29 is 19.1 Å². The minimum atomic E-state index is -0.696. The molecule has 0 bridgehead atoms. The standard InChI is InChI=1S/C28H41N3O4.ClH/c1-2-3-13-31-26(32)23(18-21-7-5-4-6-8-21)29-27(33)28(31)11-14-30(15-12-28)20-22-9-10-24-25(19-22)35-17-16-34-24;/h9-10,19,21,23H,2-8,11-18,20H2,1H3,(H,29,33);1H. The van der Waals surface area contributed by atoms with Crippen molar-refractivity contribution in [1.82, 2.24) is 15.1 Å². The fraction of sp³-hybridized carbons (Fsp3) is 0.714. The Hall–Kier alpha value is -1.99. The Morgan fingerprint density at radius 3 is 2.47 bits per heavy atom. The van der Waals surface area contributed by atoms with Gasteiger partial charge in [-0.05, 0) is 49.3 Å². The number of amides is 2. The summed E-state index contributed by atoms with van der Waals surface area (Å²) in [5, 5.41) is 3.20. The number of unbranched alkanes of at least 4 members (excludes halogenated alkanes) is 1. The summed E-state index contributed by atoms with van der Waals surface area (Å²) >= 11 is 0. The third kappa shape index (κ3) is 5.62. The van der Waals surface area contributed by atoms with Gasteiger partial charge in [-0.25, -0.2) is 0 Å². The number of hydrogen-bond donors (Lipinski definition) is 1. The van der Waals surface area contributed by atoms with Gasteiger partial charge in [0.15, 0.2) is 11.5 Å². The molecule has 3 heterocycles. The van der Waals surface area contributed by atoms with E-state index in [1.54, 1.807) is 0 Å². The van der Waals surface area contributed by atoms with Crippen molar-refractivity contribution in [2.75, 3.05) is 32.8 Å². The van der Waals surface area contributed by atoms with Gasteiger partial charge in [0.2, 0.25) is 11.8 Å². The molecule has 1 unspecified atom stereocenters. The Morgan fingerprint density at radius 2 is 1.75 bits per heavy atom. The van der Waals surface area contributed by atoms with E-state index in [4.69, 9.17) is 9.47 Å². The largest absolute Gasteiger partial charge is 0.486 e. The van der Waals surface area contributed by atoms with E-state index >= 15 is 0 Å². The molecule has 1 aliphatic carbocycles.